The van der Waals surface area contributed by atoms with Crippen LogP contribution in [0.4, 0.5) is 5.69 Å². The molecule has 1 heterocycles. The minimum absolute atomic E-state index is 0.0418. The molecule has 0 aliphatic rings. The van der Waals surface area contributed by atoms with Gasteiger partial charge in [-0.25, -0.2) is 0 Å². The summed E-state index contributed by atoms with van der Waals surface area (Å²) in [6.45, 7) is 0.439. The predicted molar refractivity (Wildman–Crippen MR) is 67.9 cm³/mol. The molecule has 0 radical (unpaired) electrons. The Morgan fingerprint density at radius 2 is 2.24 bits per heavy atom. The largest absolute Gasteiger partial charge is 0.366 e. The molecule has 17 heavy (non-hydrogen) atoms. The third-order valence-corrected chi connectivity index (χ3v) is 2.68. The Labute approximate surface area is 100 Å². The zero-order valence-corrected chi connectivity index (χ0v) is 9.68. The summed E-state index contributed by atoms with van der Waals surface area (Å²) in [5.74, 6) is -0.0418. The molecule has 0 fully saturated rings. The summed E-state index contributed by atoms with van der Waals surface area (Å²) in [6.07, 6.45) is 3.57. The van der Waals surface area contributed by atoms with Gasteiger partial charge in [0.25, 0.3) is 5.91 Å². The van der Waals surface area contributed by atoms with Gasteiger partial charge in [-0.15, -0.1) is 0 Å². The molecule has 4 heteroatoms. The number of nitrogens with two attached hydrogens (primary N) is 1. The van der Waals surface area contributed by atoms with Crippen LogP contribution in [0.25, 0.3) is 0 Å². The van der Waals surface area contributed by atoms with E-state index in [1.54, 1.807) is 30.4 Å². The van der Waals surface area contributed by atoms with Crippen LogP contribution in [0.2, 0.25) is 0 Å². The van der Waals surface area contributed by atoms with E-state index in [9.17, 15) is 4.79 Å². The van der Waals surface area contributed by atoms with Crippen molar-refractivity contribution in [3.05, 3.63) is 53.9 Å². The van der Waals surface area contributed by atoms with Crippen molar-refractivity contribution in [2.75, 3.05) is 11.9 Å². The molecule has 0 saturated heterocycles. The molecule has 0 unspecified atom stereocenters. The number of nitrogens with one attached hydrogen (secondary N) is 1. The van der Waals surface area contributed by atoms with E-state index in [0.29, 0.717) is 12.1 Å². The number of amides is 1. The summed E-state index contributed by atoms with van der Waals surface area (Å²) in [7, 11) is 1.75. The SMILES string of the molecule is CN(C(=O)c1cccc(CN)c1)c1cc[nH]c1. The molecule has 1 aromatic carbocycles. The Kier molecular flexibility index (Phi) is 3.25. The zero-order valence-electron chi connectivity index (χ0n) is 9.68. The number of benzene rings is 1. The Bertz CT molecular complexity index is 505. The molecule has 1 aromatic heterocycles. The monoisotopic (exact) mass is 229 g/mol. The van der Waals surface area contributed by atoms with Gasteiger partial charge in [0.1, 0.15) is 0 Å². The molecule has 2 rings (SSSR count). The zero-order chi connectivity index (χ0) is 12.3. The van der Waals surface area contributed by atoms with Gasteiger partial charge in [-0.05, 0) is 23.8 Å². The number of rotatable bonds is 3. The van der Waals surface area contributed by atoms with E-state index < -0.39 is 0 Å². The molecule has 0 spiro atoms. The number of hydrogen-bond donors (Lipinski definition) is 2. The van der Waals surface area contributed by atoms with Crippen LogP contribution in [0.1, 0.15) is 15.9 Å². The highest BCUT2D eigenvalue weighted by Gasteiger charge is 2.13. The van der Waals surface area contributed by atoms with Gasteiger partial charge < -0.3 is 15.6 Å². The van der Waals surface area contributed by atoms with Crippen molar-refractivity contribution in [3.63, 3.8) is 0 Å². The fourth-order valence-electron chi connectivity index (χ4n) is 1.67. The first kappa shape index (κ1) is 11.4. The van der Waals surface area contributed by atoms with Crippen molar-refractivity contribution in [1.82, 2.24) is 4.98 Å². The lowest BCUT2D eigenvalue weighted by Gasteiger charge is -2.15. The third-order valence-electron chi connectivity index (χ3n) is 2.68. The van der Waals surface area contributed by atoms with Crippen molar-refractivity contribution < 1.29 is 4.79 Å². The van der Waals surface area contributed by atoms with Crippen molar-refractivity contribution >= 4 is 11.6 Å². The quantitative estimate of drug-likeness (QED) is 0.842. The molecular formula is C13H15N3O. The second kappa shape index (κ2) is 4.84. The molecular weight excluding hydrogens is 214 g/mol. The molecule has 0 aliphatic heterocycles. The molecule has 0 atom stereocenters. The molecule has 1 amide bonds. The first-order valence-electron chi connectivity index (χ1n) is 5.42. The fourth-order valence-corrected chi connectivity index (χ4v) is 1.67. The van der Waals surface area contributed by atoms with E-state index in [1.165, 1.54) is 0 Å². The molecule has 0 aliphatic carbocycles. The summed E-state index contributed by atoms with van der Waals surface area (Å²) in [5, 5.41) is 0. The van der Waals surface area contributed by atoms with Gasteiger partial charge in [-0.3, -0.25) is 4.79 Å². The Morgan fingerprint density at radius 3 is 2.88 bits per heavy atom. The number of anilines is 1. The summed E-state index contributed by atoms with van der Waals surface area (Å²) in [4.78, 5) is 16.7. The number of hydrogen-bond acceptors (Lipinski definition) is 2. The second-order valence-electron chi connectivity index (χ2n) is 3.84. The average molecular weight is 229 g/mol. The Balaban J connectivity index is 2.24. The number of carbonyl (C=O) groups is 1. The lowest BCUT2D eigenvalue weighted by atomic mass is 10.1. The summed E-state index contributed by atoms with van der Waals surface area (Å²) in [6, 6.07) is 9.23. The third kappa shape index (κ3) is 2.37. The fraction of sp³-hybridized carbons (Fsp3) is 0.154. The van der Waals surface area contributed by atoms with Gasteiger partial charge in [0.15, 0.2) is 0 Å². The van der Waals surface area contributed by atoms with E-state index in [1.807, 2.05) is 24.3 Å². The van der Waals surface area contributed by atoms with Crippen molar-refractivity contribution in [2.45, 2.75) is 6.54 Å². The maximum absolute atomic E-state index is 12.2. The van der Waals surface area contributed by atoms with Crippen LogP contribution < -0.4 is 10.6 Å². The Morgan fingerprint density at radius 1 is 1.41 bits per heavy atom. The van der Waals surface area contributed by atoms with Gasteiger partial charge in [-0.2, -0.15) is 0 Å². The summed E-state index contributed by atoms with van der Waals surface area (Å²) in [5.41, 5.74) is 8.01. The highest BCUT2D eigenvalue weighted by atomic mass is 16.2. The number of aromatic nitrogens is 1. The van der Waals surface area contributed by atoms with E-state index in [0.717, 1.165) is 11.3 Å². The topological polar surface area (TPSA) is 62.1 Å². The number of aromatic amines is 1. The van der Waals surface area contributed by atoms with Gasteiger partial charge in [0, 0.05) is 31.5 Å². The predicted octanol–water partition coefficient (Wildman–Crippen LogP) is 1.75. The van der Waals surface area contributed by atoms with Crippen LogP contribution in [0.5, 0.6) is 0 Å². The van der Waals surface area contributed by atoms with E-state index in [2.05, 4.69) is 4.98 Å². The number of nitrogens with zero attached hydrogens (tertiary/aromatic N) is 1. The van der Waals surface area contributed by atoms with Gasteiger partial charge >= 0.3 is 0 Å². The lowest BCUT2D eigenvalue weighted by molar-refractivity contribution is 0.0993. The normalized spacial score (nSPS) is 10.2. The molecule has 4 nitrogen and oxygen atoms in total. The van der Waals surface area contributed by atoms with Crippen molar-refractivity contribution in [3.8, 4) is 0 Å². The highest BCUT2D eigenvalue weighted by Crippen LogP contribution is 2.15. The maximum Gasteiger partial charge on any atom is 0.258 e. The van der Waals surface area contributed by atoms with E-state index in [4.69, 9.17) is 5.73 Å². The maximum atomic E-state index is 12.2. The summed E-state index contributed by atoms with van der Waals surface area (Å²) >= 11 is 0. The van der Waals surface area contributed by atoms with Crippen LogP contribution in [-0.4, -0.2) is 17.9 Å². The second-order valence-corrected chi connectivity index (χ2v) is 3.84. The van der Waals surface area contributed by atoms with Crippen LogP contribution in [0.3, 0.4) is 0 Å². The minimum Gasteiger partial charge on any atom is -0.366 e. The van der Waals surface area contributed by atoms with Crippen molar-refractivity contribution in [1.29, 1.82) is 0 Å². The average Bonchev–Trinajstić information content (AvgIpc) is 2.91. The van der Waals surface area contributed by atoms with Gasteiger partial charge in [-0.1, -0.05) is 12.1 Å². The molecule has 0 saturated carbocycles. The van der Waals surface area contributed by atoms with E-state index in [-0.39, 0.29) is 5.91 Å². The van der Waals surface area contributed by atoms with Crippen LogP contribution in [-0.2, 0) is 6.54 Å². The summed E-state index contributed by atoms with van der Waals surface area (Å²) < 4.78 is 0. The first-order chi connectivity index (χ1) is 8.22. The Hall–Kier alpha value is -2.07. The number of H-pyrrole nitrogens is 1. The molecule has 3 N–H and O–H groups in total. The van der Waals surface area contributed by atoms with Gasteiger partial charge in [0.05, 0.1) is 5.69 Å². The number of carbonyl (C=O) groups excluding carboxylic acids is 1. The smallest absolute Gasteiger partial charge is 0.258 e. The molecule has 0 bridgehead atoms. The minimum atomic E-state index is -0.0418. The van der Waals surface area contributed by atoms with Crippen LogP contribution in [0.15, 0.2) is 42.7 Å². The van der Waals surface area contributed by atoms with E-state index >= 15 is 0 Å². The van der Waals surface area contributed by atoms with Gasteiger partial charge in [0.2, 0.25) is 0 Å². The lowest BCUT2D eigenvalue weighted by Crippen LogP contribution is -2.25. The van der Waals surface area contributed by atoms with Crippen LogP contribution in [0, 0.1) is 0 Å². The standard InChI is InChI=1S/C13H15N3O/c1-16(12-5-6-15-9-12)13(17)11-4-2-3-10(7-11)8-14/h2-7,9,15H,8,14H2,1H3. The first-order valence-corrected chi connectivity index (χ1v) is 5.42. The highest BCUT2D eigenvalue weighted by molar-refractivity contribution is 6.05. The molecule has 2 aromatic rings. The van der Waals surface area contributed by atoms with Crippen LogP contribution >= 0.6 is 0 Å². The molecule has 88 valence electrons. The van der Waals surface area contributed by atoms with Crippen molar-refractivity contribution in [2.24, 2.45) is 5.73 Å².